The van der Waals surface area contributed by atoms with E-state index in [2.05, 4.69) is 0 Å². The second kappa shape index (κ2) is 4.48. The third kappa shape index (κ3) is 2.00. The van der Waals surface area contributed by atoms with Crippen molar-refractivity contribution in [1.29, 1.82) is 0 Å². The Morgan fingerprint density at radius 3 is 2.74 bits per heavy atom. The van der Waals surface area contributed by atoms with Crippen molar-refractivity contribution >= 4 is 11.6 Å². The number of anilines is 1. The van der Waals surface area contributed by atoms with Crippen LogP contribution in [-0.2, 0) is 11.3 Å². The number of halogens is 1. The minimum Gasteiger partial charge on any atom is -0.316 e. The number of carbonyl (C=O) groups excluding carboxylic acids is 1. The van der Waals surface area contributed by atoms with Crippen LogP contribution in [0.2, 0.25) is 0 Å². The summed E-state index contributed by atoms with van der Waals surface area (Å²) in [6.45, 7) is 0.335. The van der Waals surface area contributed by atoms with Crippen molar-refractivity contribution < 1.29 is 9.18 Å². The molecule has 1 atom stereocenters. The number of amides is 1. The predicted molar refractivity (Wildman–Crippen MR) is 71.0 cm³/mol. The number of fused-ring (bicyclic) bond motifs is 1. The smallest absolute Gasteiger partial charge is 0.248 e. The van der Waals surface area contributed by atoms with Crippen molar-refractivity contribution in [3.8, 4) is 0 Å². The molecular formula is C15H13FN2O. The van der Waals surface area contributed by atoms with Crippen LogP contribution in [-0.4, -0.2) is 5.91 Å². The van der Waals surface area contributed by atoms with Crippen LogP contribution in [0, 0.1) is 5.82 Å². The molecule has 2 N–H and O–H groups in total. The maximum absolute atomic E-state index is 13.2. The highest BCUT2D eigenvalue weighted by atomic mass is 19.1. The molecule has 0 aromatic heterocycles. The van der Waals surface area contributed by atoms with Gasteiger partial charge in [0.1, 0.15) is 11.9 Å². The SMILES string of the molecule is NC1C(=O)N(Cc2cccc(F)c2)c2ccccc21. The highest BCUT2D eigenvalue weighted by Crippen LogP contribution is 2.35. The molecule has 3 rings (SSSR count). The summed E-state index contributed by atoms with van der Waals surface area (Å²) in [5.74, 6) is -0.452. The molecule has 0 bridgehead atoms. The summed E-state index contributed by atoms with van der Waals surface area (Å²) in [6, 6.07) is 13.1. The third-order valence-electron chi connectivity index (χ3n) is 3.32. The molecule has 0 saturated heterocycles. The van der Waals surface area contributed by atoms with Gasteiger partial charge in [0.05, 0.1) is 6.54 Å². The van der Waals surface area contributed by atoms with E-state index >= 15 is 0 Å². The summed E-state index contributed by atoms with van der Waals surface area (Å²) in [5.41, 5.74) is 8.28. The number of benzene rings is 2. The molecule has 1 aliphatic heterocycles. The average Bonchev–Trinajstić information content (AvgIpc) is 2.65. The first-order valence-corrected chi connectivity index (χ1v) is 6.07. The monoisotopic (exact) mass is 256 g/mol. The van der Waals surface area contributed by atoms with Gasteiger partial charge >= 0.3 is 0 Å². The van der Waals surface area contributed by atoms with Gasteiger partial charge in [-0.1, -0.05) is 30.3 Å². The minimum absolute atomic E-state index is 0.148. The summed E-state index contributed by atoms with van der Waals surface area (Å²) in [7, 11) is 0. The lowest BCUT2D eigenvalue weighted by Gasteiger charge is -2.17. The van der Waals surface area contributed by atoms with Gasteiger partial charge in [0.15, 0.2) is 0 Å². The molecule has 2 aromatic rings. The van der Waals surface area contributed by atoms with E-state index in [4.69, 9.17) is 5.73 Å². The second-order valence-corrected chi connectivity index (χ2v) is 4.59. The van der Waals surface area contributed by atoms with Crippen LogP contribution in [0.25, 0.3) is 0 Å². The van der Waals surface area contributed by atoms with Gasteiger partial charge < -0.3 is 10.6 Å². The zero-order valence-corrected chi connectivity index (χ0v) is 10.2. The topological polar surface area (TPSA) is 46.3 Å². The molecule has 0 aliphatic carbocycles. The Labute approximate surface area is 110 Å². The van der Waals surface area contributed by atoms with Gasteiger partial charge in [-0.3, -0.25) is 4.79 Å². The first kappa shape index (κ1) is 11.9. The summed E-state index contributed by atoms with van der Waals surface area (Å²) in [4.78, 5) is 13.8. The molecule has 0 saturated carbocycles. The largest absolute Gasteiger partial charge is 0.316 e. The van der Waals surface area contributed by atoms with Crippen molar-refractivity contribution in [3.05, 3.63) is 65.5 Å². The molecule has 0 spiro atoms. The number of carbonyl (C=O) groups is 1. The van der Waals surface area contributed by atoms with E-state index in [0.29, 0.717) is 6.54 Å². The molecule has 1 aliphatic rings. The molecule has 1 unspecified atom stereocenters. The molecule has 3 nitrogen and oxygen atoms in total. The predicted octanol–water partition coefficient (Wildman–Crippen LogP) is 2.37. The maximum Gasteiger partial charge on any atom is 0.248 e. The first-order valence-electron chi connectivity index (χ1n) is 6.07. The second-order valence-electron chi connectivity index (χ2n) is 4.59. The zero-order chi connectivity index (χ0) is 13.4. The fraction of sp³-hybridized carbons (Fsp3) is 0.133. The molecule has 1 heterocycles. The standard InChI is InChI=1S/C15H13FN2O/c16-11-5-3-4-10(8-11)9-18-13-7-2-1-6-12(13)14(17)15(18)19/h1-8,14H,9,17H2. The Kier molecular flexibility index (Phi) is 2.80. The van der Waals surface area contributed by atoms with Crippen molar-refractivity contribution in [2.75, 3.05) is 4.90 Å². The van der Waals surface area contributed by atoms with Gasteiger partial charge in [-0.15, -0.1) is 0 Å². The van der Waals surface area contributed by atoms with E-state index in [9.17, 15) is 9.18 Å². The number of rotatable bonds is 2. The fourth-order valence-electron chi connectivity index (χ4n) is 2.40. The molecule has 4 heteroatoms. The quantitative estimate of drug-likeness (QED) is 0.896. The van der Waals surface area contributed by atoms with Crippen LogP contribution in [0.3, 0.4) is 0 Å². The Morgan fingerprint density at radius 1 is 1.16 bits per heavy atom. The molecule has 96 valence electrons. The van der Waals surface area contributed by atoms with Crippen LogP contribution in [0.4, 0.5) is 10.1 Å². The van der Waals surface area contributed by atoms with Gasteiger partial charge in [-0.05, 0) is 23.8 Å². The number of para-hydroxylation sites is 1. The van der Waals surface area contributed by atoms with Gasteiger partial charge in [-0.2, -0.15) is 0 Å². The molecule has 1 amide bonds. The molecular weight excluding hydrogens is 243 g/mol. The maximum atomic E-state index is 13.2. The third-order valence-corrected chi connectivity index (χ3v) is 3.32. The lowest BCUT2D eigenvalue weighted by atomic mass is 10.1. The van der Waals surface area contributed by atoms with Crippen LogP contribution in [0.5, 0.6) is 0 Å². The van der Waals surface area contributed by atoms with E-state index < -0.39 is 6.04 Å². The van der Waals surface area contributed by atoms with Crippen LogP contribution >= 0.6 is 0 Å². The van der Waals surface area contributed by atoms with Crippen molar-refractivity contribution in [2.24, 2.45) is 5.73 Å². The summed E-state index contributed by atoms with van der Waals surface area (Å²) in [6.07, 6.45) is 0. The summed E-state index contributed by atoms with van der Waals surface area (Å²) in [5, 5.41) is 0. The van der Waals surface area contributed by atoms with E-state index in [0.717, 1.165) is 16.8 Å². The highest BCUT2D eigenvalue weighted by molar-refractivity contribution is 6.04. The molecule has 0 radical (unpaired) electrons. The molecule has 2 aromatic carbocycles. The Hall–Kier alpha value is -2.20. The summed E-state index contributed by atoms with van der Waals surface area (Å²) < 4.78 is 13.2. The van der Waals surface area contributed by atoms with E-state index in [1.165, 1.54) is 12.1 Å². The molecule has 19 heavy (non-hydrogen) atoms. The van der Waals surface area contributed by atoms with Crippen molar-refractivity contribution in [3.63, 3.8) is 0 Å². The van der Waals surface area contributed by atoms with Gasteiger partial charge in [-0.25, -0.2) is 4.39 Å². The minimum atomic E-state index is -0.621. The lowest BCUT2D eigenvalue weighted by molar-refractivity contribution is -0.119. The summed E-state index contributed by atoms with van der Waals surface area (Å²) >= 11 is 0. The number of hydrogen-bond donors (Lipinski definition) is 1. The first-order chi connectivity index (χ1) is 9.16. The van der Waals surface area contributed by atoms with Gasteiger partial charge in [0.25, 0.3) is 0 Å². The van der Waals surface area contributed by atoms with Crippen molar-refractivity contribution in [1.82, 2.24) is 0 Å². The Morgan fingerprint density at radius 2 is 1.95 bits per heavy atom. The normalized spacial score (nSPS) is 17.7. The van der Waals surface area contributed by atoms with Crippen LogP contribution in [0.15, 0.2) is 48.5 Å². The van der Waals surface area contributed by atoms with Gasteiger partial charge in [0.2, 0.25) is 5.91 Å². The molecule has 0 fully saturated rings. The average molecular weight is 256 g/mol. The fourth-order valence-corrected chi connectivity index (χ4v) is 2.40. The lowest BCUT2D eigenvalue weighted by Crippen LogP contribution is -2.31. The zero-order valence-electron chi connectivity index (χ0n) is 10.2. The number of hydrogen-bond acceptors (Lipinski definition) is 2. The van der Waals surface area contributed by atoms with Crippen LogP contribution < -0.4 is 10.6 Å². The Bertz CT molecular complexity index is 642. The van der Waals surface area contributed by atoms with Gasteiger partial charge in [0, 0.05) is 11.3 Å². The highest BCUT2D eigenvalue weighted by Gasteiger charge is 2.34. The van der Waals surface area contributed by atoms with Crippen LogP contribution in [0.1, 0.15) is 17.2 Å². The van der Waals surface area contributed by atoms with Crippen molar-refractivity contribution in [2.45, 2.75) is 12.6 Å². The van der Waals surface area contributed by atoms with E-state index in [-0.39, 0.29) is 11.7 Å². The van der Waals surface area contributed by atoms with E-state index in [1.807, 2.05) is 24.3 Å². The Balaban J connectivity index is 1.95. The number of nitrogens with two attached hydrogens (primary N) is 1. The number of nitrogens with zero attached hydrogens (tertiary/aromatic N) is 1. The van der Waals surface area contributed by atoms with E-state index in [1.54, 1.807) is 17.0 Å².